The van der Waals surface area contributed by atoms with E-state index in [1.54, 1.807) is 0 Å². The highest BCUT2D eigenvalue weighted by Gasteiger charge is 2.42. The van der Waals surface area contributed by atoms with E-state index in [1.807, 2.05) is 6.08 Å². The Labute approximate surface area is 184 Å². The Morgan fingerprint density at radius 2 is 2.19 bits per heavy atom. The Morgan fingerprint density at radius 1 is 1.32 bits per heavy atom. The lowest BCUT2D eigenvalue weighted by molar-refractivity contribution is -0.127. The van der Waals surface area contributed by atoms with E-state index in [9.17, 15) is 4.79 Å². The molecule has 2 fully saturated rings. The second-order valence-corrected chi connectivity index (χ2v) is 9.24. The van der Waals surface area contributed by atoms with Crippen LogP contribution in [-0.4, -0.2) is 79.2 Å². The number of piperidine rings is 1. The number of nitrogens with one attached hydrogen (secondary N) is 2. The fraction of sp³-hybridized carbons (Fsp3) is 0.560. The van der Waals surface area contributed by atoms with Crippen molar-refractivity contribution in [2.45, 2.75) is 31.2 Å². The number of nitrogens with zero attached hydrogens (tertiary/aromatic N) is 2. The minimum Gasteiger partial charge on any atom is -0.379 e. The van der Waals surface area contributed by atoms with Crippen LogP contribution >= 0.6 is 0 Å². The van der Waals surface area contributed by atoms with Crippen molar-refractivity contribution < 1.29 is 9.53 Å². The second kappa shape index (κ2) is 9.15. The van der Waals surface area contributed by atoms with Gasteiger partial charge in [0.15, 0.2) is 0 Å². The van der Waals surface area contributed by atoms with E-state index in [4.69, 9.17) is 4.74 Å². The monoisotopic (exact) mass is 422 g/mol. The van der Waals surface area contributed by atoms with E-state index in [1.165, 1.54) is 22.0 Å². The summed E-state index contributed by atoms with van der Waals surface area (Å²) in [5, 5.41) is 4.62. The number of fused-ring (bicyclic) bond motifs is 2. The maximum Gasteiger partial charge on any atom is 0.224 e. The number of likely N-dealkylation sites (tertiary alicyclic amines) is 1. The highest BCUT2D eigenvalue weighted by Crippen LogP contribution is 2.44. The molecule has 3 heterocycles. The first kappa shape index (κ1) is 20.7. The average Bonchev–Trinajstić information content (AvgIpc) is 3.22. The Kier molecular flexibility index (Phi) is 6.12. The number of benzene rings is 1. The zero-order valence-electron chi connectivity index (χ0n) is 18.3. The summed E-state index contributed by atoms with van der Waals surface area (Å²) in [7, 11) is 0. The highest BCUT2D eigenvalue weighted by molar-refractivity contribution is 5.88. The van der Waals surface area contributed by atoms with Crippen molar-refractivity contribution in [3.05, 3.63) is 48.2 Å². The van der Waals surface area contributed by atoms with Crippen LogP contribution in [0.3, 0.4) is 0 Å². The number of H-pyrrole nitrogens is 1. The summed E-state index contributed by atoms with van der Waals surface area (Å²) in [5.41, 5.74) is 4.03. The third-order valence-corrected chi connectivity index (χ3v) is 7.36. The highest BCUT2D eigenvalue weighted by atomic mass is 16.5. The van der Waals surface area contributed by atoms with E-state index in [-0.39, 0.29) is 11.8 Å². The Balaban J connectivity index is 1.25. The van der Waals surface area contributed by atoms with Gasteiger partial charge in [0.25, 0.3) is 0 Å². The summed E-state index contributed by atoms with van der Waals surface area (Å²) in [6, 6.07) is 7.02. The smallest absolute Gasteiger partial charge is 0.224 e. The Hall–Kier alpha value is -2.15. The molecule has 2 aromatic rings. The number of ether oxygens (including phenoxy) is 1. The van der Waals surface area contributed by atoms with Crippen LogP contribution in [0.2, 0.25) is 0 Å². The maximum absolute atomic E-state index is 13.1. The molecule has 0 unspecified atom stereocenters. The summed E-state index contributed by atoms with van der Waals surface area (Å²) >= 11 is 0. The molecule has 6 nitrogen and oxygen atoms in total. The zero-order valence-corrected chi connectivity index (χ0v) is 18.3. The van der Waals surface area contributed by atoms with Gasteiger partial charge in [-0.2, -0.15) is 0 Å². The van der Waals surface area contributed by atoms with Crippen LogP contribution in [0.15, 0.2) is 37.1 Å². The Morgan fingerprint density at radius 3 is 3.03 bits per heavy atom. The van der Waals surface area contributed by atoms with E-state index in [0.29, 0.717) is 12.0 Å². The topological polar surface area (TPSA) is 60.6 Å². The summed E-state index contributed by atoms with van der Waals surface area (Å²) in [6.45, 7) is 11.1. The van der Waals surface area contributed by atoms with Crippen molar-refractivity contribution in [1.82, 2.24) is 20.1 Å². The molecule has 2 aliphatic heterocycles. The van der Waals surface area contributed by atoms with Gasteiger partial charge in [0.2, 0.25) is 5.91 Å². The molecule has 6 heteroatoms. The summed E-state index contributed by atoms with van der Waals surface area (Å²) in [5.74, 6) is 0.631. The summed E-state index contributed by atoms with van der Waals surface area (Å²) in [6.07, 6.45) is 7.12. The molecule has 2 N–H and O–H groups in total. The maximum atomic E-state index is 13.1. The normalized spacial score (nSPS) is 26.5. The fourth-order valence-corrected chi connectivity index (χ4v) is 5.85. The van der Waals surface area contributed by atoms with Crippen molar-refractivity contribution in [2.75, 3.05) is 52.5 Å². The van der Waals surface area contributed by atoms with Gasteiger partial charge in [-0.25, -0.2) is 0 Å². The van der Waals surface area contributed by atoms with Gasteiger partial charge < -0.3 is 15.0 Å². The minimum atomic E-state index is 0.0281. The number of morpholine rings is 1. The van der Waals surface area contributed by atoms with Crippen molar-refractivity contribution in [3.8, 4) is 0 Å². The molecular formula is C25H34N4O2. The number of aromatic amines is 1. The zero-order chi connectivity index (χ0) is 21.2. The summed E-state index contributed by atoms with van der Waals surface area (Å²) in [4.78, 5) is 21.5. The van der Waals surface area contributed by atoms with Crippen LogP contribution in [0.1, 0.15) is 29.9 Å². The van der Waals surface area contributed by atoms with E-state index in [0.717, 1.165) is 71.7 Å². The average molecular weight is 423 g/mol. The van der Waals surface area contributed by atoms with Crippen LogP contribution in [0.25, 0.3) is 10.9 Å². The minimum absolute atomic E-state index is 0.0281. The van der Waals surface area contributed by atoms with Crippen LogP contribution in [0.5, 0.6) is 0 Å². The molecule has 0 bridgehead atoms. The van der Waals surface area contributed by atoms with E-state index in [2.05, 4.69) is 51.1 Å². The van der Waals surface area contributed by atoms with Crippen molar-refractivity contribution >= 4 is 16.8 Å². The van der Waals surface area contributed by atoms with Gasteiger partial charge in [-0.15, -0.1) is 6.58 Å². The number of carbonyl (C=O) groups excluding carboxylic acids is 1. The van der Waals surface area contributed by atoms with Crippen LogP contribution in [0, 0.1) is 5.92 Å². The molecule has 1 aliphatic carbocycles. The van der Waals surface area contributed by atoms with Gasteiger partial charge >= 0.3 is 0 Å². The standard InChI is InChI=1S/C25H34N4O2/c1-2-8-29-17-19(25(30)26-7-4-9-28-10-12-31-13-11-28)14-21-20-5-3-6-22-24(20)18(16-27-22)15-23(21)29/h2-3,5-6,16,19,21,23,27H,1,4,7-15,17H2,(H,26,30)/t19-,21-,23-/m1/s1. The molecule has 0 spiro atoms. The van der Waals surface area contributed by atoms with Gasteiger partial charge in [-0.1, -0.05) is 18.2 Å². The molecule has 1 amide bonds. The largest absolute Gasteiger partial charge is 0.379 e. The Bertz CT molecular complexity index is 933. The van der Waals surface area contributed by atoms with E-state index < -0.39 is 0 Å². The van der Waals surface area contributed by atoms with Crippen molar-refractivity contribution in [2.24, 2.45) is 5.92 Å². The molecule has 0 radical (unpaired) electrons. The van der Waals surface area contributed by atoms with Crippen LogP contribution in [-0.2, 0) is 16.0 Å². The molecule has 2 saturated heterocycles. The van der Waals surface area contributed by atoms with Gasteiger partial charge in [0, 0.05) is 61.8 Å². The third-order valence-electron chi connectivity index (χ3n) is 7.36. The number of aromatic nitrogens is 1. The predicted octanol–water partition coefficient (Wildman–Crippen LogP) is 2.52. The molecule has 31 heavy (non-hydrogen) atoms. The molecule has 166 valence electrons. The number of rotatable bonds is 7. The molecular weight excluding hydrogens is 388 g/mol. The lowest BCUT2D eigenvalue weighted by Gasteiger charge is -2.46. The molecule has 3 atom stereocenters. The lowest BCUT2D eigenvalue weighted by Crippen LogP contribution is -2.53. The quantitative estimate of drug-likeness (QED) is 0.532. The van der Waals surface area contributed by atoms with Crippen LogP contribution in [0.4, 0.5) is 0 Å². The number of carbonyl (C=O) groups is 1. The van der Waals surface area contributed by atoms with Crippen LogP contribution < -0.4 is 5.32 Å². The lowest BCUT2D eigenvalue weighted by atomic mass is 9.72. The van der Waals surface area contributed by atoms with Gasteiger partial charge in [0.1, 0.15) is 0 Å². The molecule has 5 rings (SSSR count). The number of hydrogen-bond acceptors (Lipinski definition) is 4. The predicted molar refractivity (Wildman–Crippen MR) is 123 cm³/mol. The second-order valence-electron chi connectivity index (χ2n) is 9.24. The molecule has 1 aromatic carbocycles. The first-order chi connectivity index (χ1) is 15.2. The first-order valence-electron chi connectivity index (χ1n) is 11.8. The molecule has 0 saturated carbocycles. The molecule has 3 aliphatic rings. The molecule has 1 aromatic heterocycles. The van der Waals surface area contributed by atoms with Crippen molar-refractivity contribution in [1.29, 1.82) is 0 Å². The van der Waals surface area contributed by atoms with Crippen molar-refractivity contribution in [3.63, 3.8) is 0 Å². The fourth-order valence-electron chi connectivity index (χ4n) is 5.85. The van der Waals surface area contributed by atoms with E-state index >= 15 is 0 Å². The SMILES string of the molecule is C=CCN1C[C@H](C(=O)NCCCN2CCOCC2)C[C@@H]2c3cccc4[nH]cc(c34)C[C@H]21. The number of amides is 1. The summed E-state index contributed by atoms with van der Waals surface area (Å²) < 4.78 is 5.41. The van der Waals surface area contributed by atoms with Gasteiger partial charge in [-0.05, 0) is 43.0 Å². The third kappa shape index (κ3) is 4.16. The van der Waals surface area contributed by atoms with Gasteiger partial charge in [0.05, 0.1) is 19.1 Å². The van der Waals surface area contributed by atoms with Gasteiger partial charge in [-0.3, -0.25) is 14.6 Å². The number of hydrogen-bond donors (Lipinski definition) is 2. The first-order valence-corrected chi connectivity index (χ1v) is 11.8.